The van der Waals surface area contributed by atoms with Crippen LogP contribution in [0, 0.1) is 17.8 Å². The molecule has 4 aliphatic rings. The second-order valence-electron chi connectivity index (χ2n) is 9.26. The smallest absolute Gasteiger partial charge is 0.478 e. The highest BCUT2D eigenvalue weighted by Crippen LogP contribution is 2.56. The van der Waals surface area contributed by atoms with E-state index in [0.29, 0.717) is 18.4 Å². The molecule has 2 unspecified atom stereocenters. The van der Waals surface area contributed by atoms with E-state index in [2.05, 4.69) is 4.28 Å². The molecular formula is C22H21F2NO8S. The van der Waals surface area contributed by atoms with Crippen molar-refractivity contribution < 1.29 is 46.0 Å². The summed E-state index contributed by atoms with van der Waals surface area (Å²) in [5.74, 6) is -4.94. The summed E-state index contributed by atoms with van der Waals surface area (Å²) in [6, 6.07) is 8.84. The van der Waals surface area contributed by atoms with Gasteiger partial charge >= 0.3 is 21.3 Å². The molecule has 6 rings (SSSR count). The Labute approximate surface area is 193 Å². The Balaban J connectivity index is 1.38. The van der Waals surface area contributed by atoms with Gasteiger partial charge in [0, 0.05) is 17.9 Å². The van der Waals surface area contributed by atoms with E-state index >= 15 is 0 Å². The molecule has 2 N–H and O–H groups in total. The van der Waals surface area contributed by atoms with Crippen molar-refractivity contribution in [1.82, 2.24) is 4.73 Å². The van der Waals surface area contributed by atoms with Crippen molar-refractivity contribution in [3.8, 4) is 22.9 Å². The van der Waals surface area contributed by atoms with Crippen LogP contribution in [0.2, 0.25) is 0 Å². The Hall–Kier alpha value is -3.15. The first kappa shape index (κ1) is 22.6. The maximum Gasteiger partial charge on any atom is 0.478 e. The van der Waals surface area contributed by atoms with Gasteiger partial charge in [-0.1, -0.05) is 35.1 Å². The second-order valence-corrected chi connectivity index (χ2v) is 10.8. The van der Waals surface area contributed by atoms with Crippen LogP contribution in [-0.4, -0.2) is 46.0 Å². The number of hydrogen-bond donors (Lipinski definition) is 2. The molecule has 12 heteroatoms. The van der Waals surface area contributed by atoms with E-state index in [1.807, 2.05) is 0 Å². The minimum atomic E-state index is -6.05. The molecule has 4 fully saturated rings. The number of nitrogens with zero attached hydrogens (tertiary/aromatic N) is 1. The van der Waals surface area contributed by atoms with Gasteiger partial charge in [-0.3, -0.25) is 9.08 Å². The Morgan fingerprint density at radius 1 is 1.09 bits per heavy atom. The van der Waals surface area contributed by atoms with Crippen molar-refractivity contribution in [2.45, 2.75) is 43.0 Å². The summed E-state index contributed by atoms with van der Waals surface area (Å²) in [6.45, 7) is 0. The van der Waals surface area contributed by atoms with E-state index in [1.165, 1.54) is 12.1 Å². The number of ketones is 1. The van der Waals surface area contributed by atoms with Crippen molar-refractivity contribution in [2.24, 2.45) is 17.8 Å². The van der Waals surface area contributed by atoms with Gasteiger partial charge in [-0.2, -0.15) is 17.2 Å². The lowest BCUT2D eigenvalue weighted by molar-refractivity contribution is -0.202. The number of halogens is 2. The van der Waals surface area contributed by atoms with E-state index in [0.717, 1.165) is 6.07 Å². The molecule has 0 radical (unpaired) electrons. The monoisotopic (exact) mass is 497 g/mol. The van der Waals surface area contributed by atoms with Crippen LogP contribution in [0.25, 0.3) is 11.1 Å². The molecule has 182 valence electrons. The summed E-state index contributed by atoms with van der Waals surface area (Å²) in [4.78, 5) is 24.7. The quantitative estimate of drug-likeness (QED) is 0.582. The highest BCUT2D eigenvalue weighted by Gasteiger charge is 2.63. The number of rotatable bonds is 6. The number of carbonyl (C=O) groups excluding carboxylic acids is 2. The molecule has 4 saturated carbocycles. The Morgan fingerprint density at radius 3 is 2.32 bits per heavy atom. The third kappa shape index (κ3) is 3.42. The molecule has 1 aromatic carbocycles. The molecule has 0 spiro atoms. The summed E-state index contributed by atoms with van der Waals surface area (Å²) >= 11 is 0. The average molecular weight is 497 g/mol. The number of alkyl halides is 2. The lowest BCUT2D eigenvalue weighted by Gasteiger charge is -2.54. The third-order valence-electron chi connectivity index (χ3n) is 6.97. The first-order chi connectivity index (χ1) is 15.9. The highest BCUT2D eigenvalue weighted by molar-refractivity contribution is 7.88. The van der Waals surface area contributed by atoms with Crippen molar-refractivity contribution in [3.05, 3.63) is 36.4 Å². The fourth-order valence-electron chi connectivity index (χ4n) is 5.68. The molecule has 4 bridgehead atoms. The first-order valence-electron chi connectivity index (χ1n) is 10.7. The number of esters is 1. The minimum Gasteiger partial charge on any atom is -0.492 e. The van der Waals surface area contributed by atoms with Crippen molar-refractivity contribution in [2.75, 3.05) is 0 Å². The molecule has 0 aliphatic heterocycles. The topological polar surface area (TPSA) is 132 Å². The number of ether oxygens (including phenoxy) is 1. The van der Waals surface area contributed by atoms with Crippen LogP contribution in [-0.2, 0) is 24.4 Å². The number of aromatic nitrogens is 1. The molecule has 2 aromatic rings. The van der Waals surface area contributed by atoms with Gasteiger partial charge in [0.2, 0.25) is 11.8 Å². The van der Waals surface area contributed by atoms with Crippen LogP contribution >= 0.6 is 0 Å². The molecule has 0 amide bonds. The van der Waals surface area contributed by atoms with Crippen LogP contribution in [0.15, 0.2) is 36.4 Å². The predicted octanol–water partition coefficient (Wildman–Crippen LogP) is 2.61. The van der Waals surface area contributed by atoms with Gasteiger partial charge in [-0.05, 0) is 43.6 Å². The summed E-state index contributed by atoms with van der Waals surface area (Å²) in [6.07, 6.45) is 1.68. The van der Waals surface area contributed by atoms with E-state index in [9.17, 15) is 37.0 Å². The van der Waals surface area contributed by atoms with Crippen molar-refractivity contribution >= 4 is 21.9 Å². The molecule has 4 aliphatic carbocycles. The van der Waals surface area contributed by atoms with Crippen LogP contribution in [0.3, 0.4) is 0 Å². The van der Waals surface area contributed by atoms with E-state index in [-0.39, 0.29) is 53.1 Å². The summed E-state index contributed by atoms with van der Waals surface area (Å²) in [5, 5.41) is 15.1. The average Bonchev–Trinajstić information content (AvgIpc) is 3.05. The summed E-state index contributed by atoms with van der Waals surface area (Å²) < 4.78 is 63.6. The molecule has 2 atom stereocenters. The largest absolute Gasteiger partial charge is 0.492 e. The summed E-state index contributed by atoms with van der Waals surface area (Å²) in [5.41, 5.74) is -1.06. The zero-order chi connectivity index (χ0) is 24.5. The molecule has 1 heterocycles. The van der Waals surface area contributed by atoms with Gasteiger partial charge < -0.3 is 14.9 Å². The third-order valence-corrected chi connectivity index (χ3v) is 8.11. The second kappa shape index (κ2) is 7.42. The fraction of sp³-hybridized carbons (Fsp3) is 0.455. The lowest BCUT2D eigenvalue weighted by Crippen LogP contribution is -2.58. The summed E-state index contributed by atoms with van der Waals surface area (Å²) in [7, 11) is -6.05. The number of hydrogen-bond acceptors (Lipinski definition) is 8. The van der Waals surface area contributed by atoms with Crippen LogP contribution < -0.4 is 4.28 Å². The Bertz CT molecular complexity index is 1260. The maximum atomic E-state index is 14.8. The Morgan fingerprint density at radius 2 is 1.71 bits per heavy atom. The molecule has 34 heavy (non-hydrogen) atoms. The van der Waals surface area contributed by atoms with Crippen LogP contribution in [0.1, 0.15) is 32.1 Å². The van der Waals surface area contributed by atoms with Gasteiger partial charge in [-0.25, -0.2) is 4.79 Å². The zero-order valence-corrected chi connectivity index (χ0v) is 18.5. The molecule has 9 nitrogen and oxygen atoms in total. The minimum absolute atomic E-state index is 0.0399. The number of Topliss-reactive ketones (excluding diaryl/α,β-unsaturated/α-hetero) is 1. The van der Waals surface area contributed by atoms with Gasteiger partial charge in [0.05, 0.1) is 5.56 Å². The normalized spacial score (nSPS) is 28.2. The maximum absolute atomic E-state index is 14.8. The van der Waals surface area contributed by atoms with Gasteiger partial charge in [-0.15, -0.1) is 0 Å². The number of carbonyl (C=O) groups is 2. The predicted molar refractivity (Wildman–Crippen MR) is 111 cm³/mol. The Kier molecular flexibility index (Phi) is 4.94. The molecule has 1 aromatic heterocycles. The SMILES string of the molecule is O=C1C2CC3CC1CC(OC(=O)C(F)(F)S(=O)(=O)On1c(O)cc(-c4ccccc4)c1O)(C3)C2. The van der Waals surface area contributed by atoms with E-state index < -0.39 is 38.7 Å². The van der Waals surface area contributed by atoms with Gasteiger partial charge in [0.15, 0.2) is 0 Å². The first-order valence-corrected chi connectivity index (χ1v) is 12.1. The van der Waals surface area contributed by atoms with E-state index in [4.69, 9.17) is 4.74 Å². The van der Waals surface area contributed by atoms with E-state index in [1.54, 1.807) is 18.2 Å². The number of aromatic hydroxyl groups is 2. The van der Waals surface area contributed by atoms with Gasteiger partial charge in [0.1, 0.15) is 11.4 Å². The standard InChI is InChI=1S/C22H21F2NO8S/c23-22(24,20(29)32-21-9-12-6-14(10-21)18(27)15(7-12)11-21)34(30,31)33-25-17(26)8-16(19(25)28)13-4-2-1-3-5-13/h1-5,8,12,14-15,26,28H,6-7,9-11H2. The van der Waals surface area contributed by atoms with Crippen molar-refractivity contribution in [1.29, 1.82) is 0 Å². The van der Waals surface area contributed by atoms with Gasteiger partial charge in [0.25, 0.3) is 0 Å². The molecule has 0 saturated heterocycles. The number of benzene rings is 1. The van der Waals surface area contributed by atoms with Crippen molar-refractivity contribution in [3.63, 3.8) is 0 Å². The highest BCUT2D eigenvalue weighted by atomic mass is 32.2. The lowest BCUT2D eigenvalue weighted by atomic mass is 9.53. The molecular weight excluding hydrogens is 476 g/mol. The van der Waals surface area contributed by atoms with Crippen LogP contribution in [0.5, 0.6) is 11.8 Å². The zero-order valence-electron chi connectivity index (χ0n) is 17.7. The fourth-order valence-corrected chi connectivity index (χ4v) is 6.36. The van der Waals surface area contributed by atoms with Crippen LogP contribution in [0.4, 0.5) is 8.78 Å².